The van der Waals surface area contributed by atoms with Crippen molar-refractivity contribution in [2.75, 3.05) is 33.4 Å². The van der Waals surface area contributed by atoms with E-state index in [0.29, 0.717) is 6.61 Å². The number of benzene rings is 1. The third-order valence-corrected chi connectivity index (χ3v) is 2.05. The predicted molar refractivity (Wildman–Crippen MR) is 61.4 cm³/mol. The number of hydrogen-bond donors (Lipinski definition) is 1. The lowest BCUT2D eigenvalue weighted by Crippen LogP contribution is -2.24. The second-order valence-electron chi connectivity index (χ2n) is 3.40. The zero-order chi connectivity index (χ0) is 10.9. The van der Waals surface area contributed by atoms with Gasteiger partial charge in [-0.25, -0.2) is 0 Å². The first kappa shape index (κ1) is 12.0. The molecule has 84 valence electrons. The van der Waals surface area contributed by atoms with Gasteiger partial charge in [0.1, 0.15) is 12.4 Å². The van der Waals surface area contributed by atoms with Gasteiger partial charge >= 0.3 is 0 Å². The van der Waals surface area contributed by atoms with Crippen LogP contribution in [0.4, 0.5) is 0 Å². The normalized spacial score (nSPS) is 10.3. The molecule has 0 spiro atoms. The van der Waals surface area contributed by atoms with Crippen molar-refractivity contribution in [1.82, 2.24) is 5.32 Å². The Balaban J connectivity index is 2.07. The minimum absolute atomic E-state index is 0.687. The maximum Gasteiger partial charge on any atom is 0.119 e. The average Bonchev–Trinajstić information content (AvgIpc) is 2.26. The first-order valence-electron chi connectivity index (χ1n) is 5.22. The quantitative estimate of drug-likeness (QED) is 0.692. The molecular weight excluding hydrogens is 190 g/mol. The lowest BCUT2D eigenvalue weighted by Gasteiger charge is -2.07. The van der Waals surface area contributed by atoms with Crippen LogP contribution < -0.4 is 10.1 Å². The van der Waals surface area contributed by atoms with Crippen molar-refractivity contribution in [3.8, 4) is 5.75 Å². The summed E-state index contributed by atoms with van der Waals surface area (Å²) >= 11 is 0. The summed E-state index contributed by atoms with van der Waals surface area (Å²) in [4.78, 5) is 0. The van der Waals surface area contributed by atoms with Gasteiger partial charge in [0.2, 0.25) is 0 Å². The van der Waals surface area contributed by atoms with E-state index in [9.17, 15) is 0 Å². The van der Waals surface area contributed by atoms with Crippen LogP contribution in [0, 0.1) is 6.92 Å². The van der Waals surface area contributed by atoms with Gasteiger partial charge in [0.05, 0.1) is 6.61 Å². The van der Waals surface area contributed by atoms with E-state index in [4.69, 9.17) is 9.47 Å². The van der Waals surface area contributed by atoms with Crippen LogP contribution in [0.5, 0.6) is 5.75 Å². The SMILES string of the molecule is COCCNCCOc1ccc(C)cc1. The molecule has 0 fully saturated rings. The van der Waals surface area contributed by atoms with E-state index in [-0.39, 0.29) is 0 Å². The first-order chi connectivity index (χ1) is 7.33. The molecule has 3 heteroatoms. The van der Waals surface area contributed by atoms with Gasteiger partial charge in [0, 0.05) is 20.2 Å². The highest BCUT2D eigenvalue weighted by atomic mass is 16.5. The molecule has 0 aliphatic carbocycles. The molecule has 0 amide bonds. The number of nitrogens with one attached hydrogen (secondary N) is 1. The maximum absolute atomic E-state index is 5.54. The second kappa shape index (κ2) is 7.26. The van der Waals surface area contributed by atoms with Gasteiger partial charge in [-0.15, -0.1) is 0 Å². The standard InChI is InChI=1S/C12H19NO2/c1-11-3-5-12(6-4-11)15-10-8-13-7-9-14-2/h3-6,13H,7-10H2,1-2H3. The van der Waals surface area contributed by atoms with Crippen LogP contribution in [0.1, 0.15) is 5.56 Å². The van der Waals surface area contributed by atoms with Gasteiger partial charge in [-0.1, -0.05) is 17.7 Å². The zero-order valence-electron chi connectivity index (χ0n) is 9.45. The van der Waals surface area contributed by atoms with E-state index in [1.165, 1.54) is 5.56 Å². The minimum atomic E-state index is 0.687. The molecule has 1 rings (SSSR count). The minimum Gasteiger partial charge on any atom is -0.492 e. The molecule has 1 N–H and O–H groups in total. The Labute approximate surface area is 91.4 Å². The maximum atomic E-state index is 5.54. The fourth-order valence-electron chi connectivity index (χ4n) is 1.17. The Hall–Kier alpha value is -1.06. The van der Waals surface area contributed by atoms with Crippen molar-refractivity contribution in [2.45, 2.75) is 6.92 Å². The smallest absolute Gasteiger partial charge is 0.119 e. The van der Waals surface area contributed by atoms with E-state index in [1.54, 1.807) is 7.11 Å². The molecule has 1 aromatic carbocycles. The number of methoxy groups -OCH3 is 1. The number of aryl methyl sites for hydroxylation is 1. The highest BCUT2D eigenvalue weighted by Crippen LogP contribution is 2.10. The summed E-state index contributed by atoms with van der Waals surface area (Å²) in [5.41, 5.74) is 1.25. The van der Waals surface area contributed by atoms with Crippen molar-refractivity contribution in [3.63, 3.8) is 0 Å². The van der Waals surface area contributed by atoms with Crippen LogP contribution >= 0.6 is 0 Å². The summed E-state index contributed by atoms with van der Waals surface area (Å²) in [6.07, 6.45) is 0. The van der Waals surface area contributed by atoms with Gasteiger partial charge < -0.3 is 14.8 Å². The van der Waals surface area contributed by atoms with E-state index in [1.807, 2.05) is 24.3 Å². The lowest BCUT2D eigenvalue weighted by molar-refractivity contribution is 0.197. The summed E-state index contributed by atoms with van der Waals surface area (Å²) in [5, 5.41) is 3.22. The van der Waals surface area contributed by atoms with Crippen LogP contribution in [0.3, 0.4) is 0 Å². The highest BCUT2D eigenvalue weighted by Gasteiger charge is 1.92. The summed E-state index contributed by atoms with van der Waals surface area (Å²) in [5.74, 6) is 0.925. The topological polar surface area (TPSA) is 30.5 Å². The van der Waals surface area contributed by atoms with E-state index < -0.39 is 0 Å². The van der Waals surface area contributed by atoms with Crippen molar-refractivity contribution in [2.24, 2.45) is 0 Å². The molecular formula is C12H19NO2. The Morgan fingerprint density at radius 2 is 1.73 bits per heavy atom. The second-order valence-corrected chi connectivity index (χ2v) is 3.40. The van der Waals surface area contributed by atoms with Gasteiger partial charge in [-0.05, 0) is 19.1 Å². The molecule has 0 saturated heterocycles. The molecule has 0 saturated carbocycles. The molecule has 15 heavy (non-hydrogen) atoms. The molecule has 1 aromatic rings. The fourth-order valence-corrected chi connectivity index (χ4v) is 1.17. The molecule has 0 heterocycles. The monoisotopic (exact) mass is 209 g/mol. The summed E-state index contributed by atoms with van der Waals surface area (Å²) < 4.78 is 10.5. The van der Waals surface area contributed by atoms with E-state index in [2.05, 4.69) is 12.2 Å². The lowest BCUT2D eigenvalue weighted by atomic mass is 10.2. The summed E-state index contributed by atoms with van der Waals surface area (Å²) in [6, 6.07) is 8.08. The van der Waals surface area contributed by atoms with Gasteiger partial charge in [0.15, 0.2) is 0 Å². The third-order valence-electron chi connectivity index (χ3n) is 2.05. The zero-order valence-corrected chi connectivity index (χ0v) is 9.45. The fraction of sp³-hybridized carbons (Fsp3) is 0.500. The van der Waals surface area contributed by atoms with Crippen LogP contribution in [-0.2, 0) is 4.74 Å². The average molecular weight is 209 g/mol. The first-order valence-corrected chi connectivity index (χ1v) is 5.22. The Bertz CT molecular complexity index is 259. The van der Waals surface area contributed by atoms with Crippen LogP contribution in [-0.4, -0.2) is 33.4 Å². The molecule has 0 unspecified atom stereocenters. The van der Waals surface area contributed by atoms with Crippen molar-refractivity contribution in [1.29, 1.82) is 0 Å². The number of hydrogen-bond acceptors (Lipinski definition) is 3. The van der Waals surface area contributed by atoms with Crippen molar-refractivity contribution < 1.29 is 9.47 Å². The van der Waals surface area contributed by atoms with Crippen LogP contribution in [0.15, 0.2) is 24.3 Å². The summed E-state index contributed by atoms with van der Waals surface area (Å²) in [7, 11) is 1.70. The van der Waals surface area contributed by atoms with Crippen molar-refractivity contribution >= 4 is 0 Å². The molecule has 0 radical (unpaired) electrons. The van der Waals surface area contributed by atoms with Gasteiger partial charge in [-0.2, -0.15) is 0 Å². The Morgan fingerprint density at radius 1 is 1.07 bits per heavy atom. The van der Waals surface area contributed by atoms with Crippen LogP contribution in [0.2, 0.25) is 0 Å². The van der Waals surface area contributed by atoms with E-state index in [0.717, 1.165) is 25.4 Å². The van der Waals surface area contributed by atoms with Gasteiger partial charge in [-0.3, -0.25) is 0 Å². The Kier molecular flexibility index (Phi) is 5.81. The number of ether oxygens (including phenoxy) is 2. The Morgan fingerprint density at radius 3 is 2.40 bits per heavy atom. The molecule has 0 aliphatic rings. The highest BCUT2D eigenvalue weighted by molar-refractivity contribution is 5.26. The molecule has 0 aliphatic heterocycles. The third kappa shape index (κ3) is 5.40. The largest absolute Gasteiger partial charge is 0.492 e. The summed E-state index contributed by atoms with van der Waals surface area (Å²) in [6.45, 7) is 5.21. The van der Waals surface area contributed by atoms with Crippen LogP contribution in [0.25, 0.3) is 0 Å². The molecule has 0 bridgehead atoms. The van der Waals surface area contributed by atoms with Crippen molar-refractivity contribution in [3.05, 3.63) is 29.8 Å². The molecule has 0 atom stereocenters. The number of rotatable bonds is 7. The van der Waals surface area contributed by atoms with Gasteiger partial charge in [0.25, 0.3) is 0 Å². The van der Waals surface area contributed by atoms with E-state index >= 15 is 0 Å². The predicted octanol–water partition coefficient (Wildman–Crippen LogP) is 1.61. The molecule has 3 nitrogen and oxygen atoms in total. The molecule has 0 aromatic heterocycles.